The molecule has 1 saturated carbocycles. The maximum Gasteiger partial charge on any atom is 0.0468 e. The Morgan fingerprint density at radius 3 is 2.33 bits per heavy atom. The number of hydrogen-bond acceptors (Lipinski definition) is 2. The monoisotopic (exact) mass is 253 g/mol. The van der Waals surface area contributed by atoms with Gasteiger partial charge in [-0.2, -0.15) is 0 Å². The van der Waals surface area contributed by atoms with E-state index in [0.717, 1.165) is 31.0 Å². The van der Waals surface area contributed by atoms with Gasteiger partial charge in [0.1, 0.15) is 0 Å². The van der Waals surface area contributed by atoms with Crippen LogP contribution in [0.15, 0.2) is 0 Å². The van der Waals surface area contributed by atoms with Gasteiger partial charge in [-0.3, -0.25) is 0 Å². The Balaban J connectivity index is 2.06. The smallest absolute Gasteiger partial charge is 0.0468 e. The van der Waals surface area contributed by atoms with Gasteiger partial charge in [0, 0.05) is 19.3 Å². The Morgan fingerprint density at radius 2 is 1.72 bits per heavy atom. The Hall–Kier alpha value is -0.0800. The quantitative estimate of drug-likeness (QED) is 0.831. The molecule has 2 heteroatoms. The van der Waals surface area contributed by atoms with Crippen molar-refractivity contribution in [3.63, 3.8) is 0 Å². The second kappa shape index (κ2) is 5.92. The largest absolute Gasteiger partial charge is 0.381 e. The Morgan fingerprint density at radius 1 is 1.06 bits per heavy atom. The van der Waals surface area contributed by atoms with Gasteiger partial charge in [-0.1, -0.05) is 27.2 Å². The average molecular weight is 253 g/mol. The van der Waals surface area contributed by atoms with Crippen molar-refractivity contribution in [2.24, 2.45) is 23.2 Å². The van der Waals surface area contributed by atoms with Crippen LogP contribution in [0.4, 0.5) is 0 Å². The fraction of sp³-hybridized carbons (Fsp3) is 1.00. The second-order valence-electron chi connectivity index (χ2n) is 7.13. The van der Waals surface area contributed by atoms with Gasteiger partial charge in [0.15, 0.2) is 0 Å². The SMILES string of the molecule is CNC1CC(C)CCC1C(C)(C)C1CCOCC1. The van der Waals surface area contributed by atoms with Gasteiger partial charge in [-0.25, -0.2) is 0 Å². The first-order valence-corrected chi connectivity index (χ1v) is 7.80. The van der Waals surface area contributed by atoms with E-state index in [1.165, 1.54) is 32.1 Å². The van der Waals surface area contributed by atoms with Crippen molar-refractivity contribution in [2.45, 2.75) is 58.9 Å². The van der Waals surface area contributed by atoms with Crippen LogP contribution in [-0.2, 0) is 4.74 Å². The molecule has 0 spiro atoms. The van der Waals surface area contributed by atoms with Crippen molar-refractivity contribution < 1.29 is 4.74 Å². The maximum atomic E-state index is 5.54. The van der Waals surface area contributed by atoms with Gasteiger partial charge in [-0.15, -0.1) is 0 Å². The summed E-state index contributed by atoms with van der Waals surface area (Å²) in [6, 6.07) is 0.714. The van der Waals surface area contributed by atoms with Gasteiger partial charge < -0.3 is 10.1 Å². The normalized spacial score (nSPS) is 35.7. The van der Waals surface area contributed by atoms with Crippen LogP contribution < -0.4 is 5.32 Å². The van der Waals surface area contributed by atoms with Gasteiger partial charge in [0.25, 0.3) is 0 Å². The van der Waals surface area contributed by atoms with Crippen LogP contribution in [0.3, 0.4) is 0 Å². The standard InChI is InChI=1S/C16H31NO/c1-12-5-6-14(15(11-12)17-4)16(2,3)13-7-9-18-10-8-13/h12-15,17H,5-11H2,1-4H3. The molecule has 0 aromatic rings. The van der Waals surface area contributed by atoms with E-state index in [0.29, 0.717) is 11.5 Å². The van der Waals surface area contributed by atoms with E-state index in [-0.39, 0.29) is 0 Å². The van der Waals surface area contributed by atoms with Crippen LogP contribution in [0, 0.1) is 23.2 Å². The van der Waals surface area contributed by atoms with E-state index >= 15 is 0 Å². The third-order valence-electron chi connectivity index (χ3n) is 5.71. The van der Waals surface area contributed by atoms with Crippen LogP contribution in [-0.4, -0.2) is 26.3 Å². The Labute approximate surface area is 113 Å². The summed E-state index contributed by atoms with van der Waals surface area (Å²) >= 11 is 0. The van der Waals surface area contributed by atoms with Gasteiger partial charge in [0.05, 0.1) is 0 Å². The number of nitrogens with one attached hydrogen (secondary N) is 1. The lowest BCUT2D eigenvalue weighted by Crippen LogP contribution is -2.49. The minimum atomic E-state index is 0.456. The van der Waals surface area contributed by atoms with E-state index in [1.54, 1.807) is 0 Å². The molecule has 0 radical (unpaired) electrons. The van der Waals surface area contributed by atoms with Gasteiger partial charge in [-0.05, 0) is 55.9 Å². The molecule has 18 heavy (non-hydrogen) atoms. The molecule has 2 nitrogen and oxygen atoms in total. The van der Waals surface area contributed by atoms with Crippen LogP contribution >= 0.6 is 0 Å². The zero-order valence-corrected chi connectivity index (χ0v) is 12.7. The number of rotatable bonds is 3. The molecule has 0 amide bonds. The summed E-state index contributed by atoms with van der Waals surface area (Å²) in [5, 5.41) is 3.60. The van der Waals surface area contributed by atoms with E-state index in [2.05, 4.69) is 33.1 Å². The molecule has 1 aliphatic heterocycles. The third kappa shape index (κ3) is 2.91. The van der Waals surface area contributed by atoms with Crippen LogP contribution in [0.1, 0.15) is 52.9 Å². The predicted molar refractivity (Wildman–Crippen MR) is 76.7 cm³/mol. The molecule has 0 bridgehead atoms. The minimum absolute atomic E-state index is 0.456. The Kier molecular flexibility index (Phi) is 4.71. The summed E-state index contributed by atoms with van der Waals surface area (Å²) in [4.78, 5) is 0. The van der Waals surface area contributed by atoms with Crippen LogP contribution in [0.5, 0.6) is 0 Å². The van der Waals surface area contributed by atoms with E-state index in [4.69, 9.17) is 4.74 Å². The first-order chi connectivity index (χ1) is 8.55. The van der Waals surface area contributed by atoms with Gasteiger partial charge >= 0.3 is 0 Å². The molecular weight excluding hydrogens is 222 g/mol. The highest BCUT2D eigenvalue weighted by atomic mass is 16.5. The van der Waals surface area contributed by atoms with Crippen molar-refractivity contribution in [2.75, 3.05) is 20.3 Å². The fourth-order valence-corrected chi connectivity index (χ4v) is 4.33. The number of hydrogen-bond donors (Lipinski definition) is 1. The van der Waals surface area contributed by atoms with Crippen molar-refractivity contribution in [3.8, 4) is 0 Å². The molecule has 1 N–H and O–H groups in total. The lowest BCUT2D eigenvalue weighted by atomic mass is 9.60. The summed E-state index contributed by atoms with van der Waals surface area (Å²) in [5.41, 5.74) is 0.456. The summed E-state index contributed by atoms with van der Waals surface area (Å²) in [5.74, 6) is 2.58. The van der Waals surface area contributed by atoms with Crippen LogP contribution in [0.2, 0.25) is 0 Å². The first kappa shape index (κ1) is 14.3. The minimum Gasteiger partial charge on any atom is -0.381 e. The second-order valence-corrected chi connectivity index (χ2v) is 7.13. The molecule has 2 rings (SSSR count). The summed E-state index contributed by atoms with van der Waals surface area (Å²) < 4.78 is 5.54. The molecular formula is C16H31NO. The van der Waals surface area contributed by atoms with Crippen molar-refractivity contribution in [1.29, 1.82) is 0 Å². The summed E-state index contributed by atoms with van der Waals surface area (Å²) in [6.07, 6.45) is 6.69. The zero-order valence-electron chi connectivity index (χ0n) is 12.7. The highest BCUT2D eigenvalue weighted by Gasteiger charge is 2.43. The lowest BCUT2D eigenvalue weighted by Gasteiger charge is -2.49. The average Bonchev–Trinajstić information content (AvgIpc) is 2.39. The molecule has 1 saturated heterocycles. The molecule has 1 aliphatic carbocycles. The maximum absolute atomic E-state index is 5.54. The topological polar surface area (TPSA) is 21.3 Å². The predicted octanol–water partition coefficient (Wildman–Crippen LogP) is 3.46. The molecule has 0 aromatic carbocycles. The summed E-state index contributed by atoms with van der Waals surface area (Å²) in [7, 11) is 2.15. The van der Waals surface area contributed by atoms with Crippen molar-refractivity contribution in [1.82, 2.24) is 5.32 Å². The molecule has 2 fully saturated rings. The van der Waals surface area contributed by atoms with Crippen LogP contribution in [0.25, 0.3) is 0 Å². The van der Waals surface area contributed by atoms with E-state index in [1.807, 2.05) is 0 Å². The molecule has 3 unspecified atom stereocenters. The first-order valence-electron chi connectivity index (χ1n) is 7.80. The van der Waals surface area contributed by atoms with E-state index in [9.17, 15) is 0 Å². The third-order valence-corrected chi connectivity index (χ3v) is 5.71. The Bertz CT molecular complexity index is 258. The number of ether oxygens (including phenoxy) is 1. The molecule has 1 heterocycles. The fourth-order valence-electron chi connectivity index (χ4n) is 4.33. The zero-order chi connectivity index (χ0) is 13.2. The highest BCUT2D eigenvalue weighted by Crippen LogP contribution is 2.47. The molecule has 3 atom stereocenters. The van der Waals surface area contributed by atoms with Crippen molar-refractivity contribution >= 4 is 0 Å². The summed E-state index contributed by atoms with van der Waals surface area (Å²) in [6.45, 7) is 9.37. The van der Waals surface area contributed by atoms with E-state index < -0.39 is 0 Å². The highest BCUT2D eigenvalue weighted by molar-refractivity contribution is 4.95. The molecule has 2 aliphatic rings. The lowest BCUT2D eigenvalue weighted by molar-refractivity contribution is -0.0227. The molecule has 0 aromatic heterocycles. The van der Waals surface area contributed by atoms with Crippen molar-refractivity contribution in [3.05, 3.63) is 0 Å². The van der Waals surface area contributed by atoms with Gasteiger partial charge in [0.2, 0.25) is 0 Å². The molecule has 106 valence electrons.